The van der Waals surface area contributed by atoms with Gasteiger partial charge < -0.3 is 15.4 Å². The Hall–Kier alpha value is -4.33. The minimum Gasteiger partial charge on any atom is -0.483 e. The monoisotopic (exact) mass is 429 g/mol. The minimum absolute atomic E-state index is 0.0382. The molecular weight excluding hydrogens is 406 g/mol. The smallest absolute Gasteiger partial charge is 0.285 e. The number of methoxy groups -OCH3 is 1. The summed E-state index contributed by atoms with van der Waals surface area (Å²) in [5.41, 5.74) is 3.92. The fourth-order valence-corrected chi connectivity index (χ4v) is 3.59. The highest BCUT2D eigenvalue weighted by Gasteiger charge is 2.22. The maximum Gasteiger partial charge on any atom is 0.285 e. The van der Waals surface area contributed by atoms with E-state index >= 15 is 0 Å². The summed E-state index contributed by atoms with van der Waals surface area (Å²) < 4.78 is 6.37. The third-order valence-electron chi connectivity index (χ3n) is 5.13. The van der Waals surface area contributed by atoms with E-state index in [2.05, 4.69) is 27.3 Å². The number of hydrogen-bond donors (Lipinski definition) is 3. The quantitative estimate of drug-likeness (QED) is 0.401. The van der Waals surface area contributed by atoms with Crippen LogP contribution < -0.4 is 16.2 Å². The highest BCUT2D eigenvalue weighted by atomic mass is 16.5. The van der Waals surface area contributed by atoms with Gasteiger partial charge in [0, 0.05) is 11.3 Å². The van der Waals surface area contributed by atoms with Crippen LogP contribution >= 0.6 is 0 Å². The molecule has 0 radical (unpaired) electrons. The number of rotatable bonds is 6. The van der Waals surface area contributed by atoms with Crippen molar-refractivity contribution in [3.63, 3.8) is 0 Å². The topological polar surface area (TPSA) is 101 Å². The van der Waals surface area contributed by atoms with Crippen molar-refractivity contribution in [3.8, 4) is 11.1 Å². The highest BCUT2D eigenvalue weighted by molar-refractivity contribution is 6.06. The molecule has 0 fully saturated rings. The van der Waals surface area contributed by atoms with Crippen LogP contribution in [-0.4, -0.2) is 27.6 Å². The number of carbonyl (C=O) groups excluding carboxylic acids is 1. The van der Waals surface area contributed by atoms with Crippen LogP contribution in [0.4, 0.5) is 11.4 Å². The molecule has 4 aromatic rings. The van der Waals surface area contributed by atoms with E-state index in [1.165, 1.54) is 11.6 Å². The first kappa shape index (κ1) is 20.9. The molecular formula is C24H23N5O3. The zero-order valence-corrected chi connectivity index (χ0v) is 18.0. The number of carbonyl (C=O) groups is 1. The number of amides is 1. The van der Waals surface area contributed by atoms with Crippen molar-refractivity contribution in [2.45, 2.75) is 13.8 Å². The normalized spacial score (nSPS) is 10.7. The van der Waals surface area contributed by atoms with Gasteiger partial charge in [-0.1, -0.05) is 42.5 Å². The molecule has 0 bridgehead atoms. The molecule has 4 rings (SSSR count). The summed E-state index contributed by atoms with van der Waals surface area (Å²) in [6.07, 6.45) is 0. The van der Waals surface area contributed by atoms with E-state index in [0.29, 0.717) is 28.6 Å². The maximum atomic E-state index is 13.3. The number of benzene rings is 2. The lowest BCUT2D eigenvalue weighted by atomic mass is 10.1. The second kappa shape index (κ2) is 8.43. The molecule has 0 saturated heterocycles. The van der Waals surface area contributed by atoms with Gasteiger partial charge in [0.2, 0.25) is 0 Å². The lowest BCUT2D eigenvalue weighted by Crippen LogP contribution is -2.29. The third kappa shape index (κ3) is 3.74. The summed E-state index contributed by atoms with van der Waals surface area (Å²) >= 11 is 0. The van der Waals surface area contributed by atoms with Crippen molar-refractivity contribution in [3.05, 3.63) is 94.4 Å². The number of para-hydroxylation sites is 2. The largest absolute Gasteiger partial charge is 0.483 e. The average Bonchev–Trinajstić information content (AvgIpc) is 3.11. The molecule has 2 aromatic carbocycles. The number of H-pyrrole nitrogens is 1. The van der Waals surface area contributed by atoms with E-state index in [1.807, 2.05) is 43.3 Å². The number of hydrogen-bond acceptors (Lipinski definition) is 5. The van der Waals surface area contributed by atoms with Crippen molar-refractivity contribution < 1.29 is 9.53 Å². The molecule has 162 valence electrons. The van der Waals surface area contributed by atoms with Gasteiger partial charge in [-0.3, -0.25) is 14.7 Å². The fourth-order valence-electron chi connectivity index (χ4n) is 3.59. The van der Waals surface area contributed by atoms with E-state index in [4.69, 9.17) is 4.74 Å². The number of nitrogens with one attached hydrogen (secondary N) is 3. The Bertz CT molecular complexity index is 1390. The molecule has 0 atom stereocenters. The number of fused-ring (bicyclic) bond motifs is 1. The molecule has 2 heterocycles. The van der Waals surface area contributed by atoms with Gasteiger partial charge in [-0.05, 0) is 38.1 Å². The summed E-state index contributed by atoms with van der Waals surface area (Å²) in [5, 5.41) is 8.81. The maximum absolute atomic E-state index is 13.3. The Morgan fingerprint density at radius 1 is 1.03 bits per heavy atom. The van der Waals surface area contributed by atoms with E-state index in [-0.39, 0.29) is 5.56 Å². The predicted octanol–water partition coefficient (Wildman–Crippen LogP) is 4.09. The van der Waals surface area contributed by atoms with Gasteiger partial charge in [0.25, 0.3) is 11.5 Å². The first-order chi connectivity index (χ1) is 15.4. The van der Waals surface area contributed by atoms with Crippen LogP contribution in [0.1, 0.15) is 21.7 Å². The van der Waals surface area contributed by atoms with Crippen molar-refractivity contribution in [2.24, 2.45) is 0 Å². The fraction of sp³-hybridized carbons (Fsp3) is 0.125. The second-order valence-corrected chi connectivity index (χ2v) is 7.27. The number of anilines is 2. The van der Waals surface area contributed by atoms with Crippen LogP contribution in [0.25, 0.3) is 16.8 Å². The van der Waals surface area contributed by atoms with E-state index < -0.39 is 11.5 Å². The van der Waals surface area contributed by atoms with Crippen molar-refractivity contribution in [2.75, 3.05) is 17.7 Å². The van der Waals surface area contributed by atoms with Crippen LogP contribution in [0.2, 0.25) is 0 Å². The molecule has 8 nitrogen and oxygen atoms in total. The Morgan fingerprint density at radius 2 is 1.66 bits per heavy atom. The Balaban J connectivity index is 1.76. The molecule has 0 saturated carbocycles. The van der Waals surface area contributed by atoms with Gasteiger partial charge in [-0.15, -0.1) is 0 Å². The summed E-state index contributed by atoms with van der Waals surface area (Å²) in [5.74, 6) is -0.235. The molecule has 0 spiro atoms. The third-order valence-corrected chi connectivity index (χ3v) is 5.13. The van der Waals surface area contributed by atoms with Crippen LogP contribution in [-0.2, 0) is 4.74 Å². The molecule has 0 aliphatic heterocycles. The molecule has 0 unspecified atom stereocenters. The molecule has 8 heteroatoms. The first-order valence-corrected chi connectivity index (χ1v) is 9.98. The van der Waals surface area contributed by atoms with Crippen molar-refractivity contribution in [1.82, 2.24) is 14.6 Å². The highest BCUT2D eigenvalue weighted by Crippen LogP contribution is 2.27. The van der Waals surface area contributed by atoms with Gasteiger partial charge >= 0.3 is 0 Å². The lowest BCUT2D eigenvalue weighted by molar-refractivity contribution is 0.102. The molecule has 1 amide bonds. The predicted molar refractivity (Wildman–Crippen MR) is 125 cm³/mol. The van der Waals surface area contributed by atoms with Gasteiger partial charge in [0.05, 0.1) is 24.2 Å². The summed E-state index contributed by atoms with van der Waals surface area (Å²) in [4.78, 5) is 31.0. The van der Waals surface area contributed by atoms with Crippen LogP contribution in [0.3, 0.4) is 0 Å². The van der Waals surface area contributed by atoms with Crippen LogP contribution in [0.15, 0.2) is 71.9 Å². The lowest BCUT2D eigenvalue weighted by Gasteiger charge is -2.14. The van der Waals surface area contributed by atoms with Crippen LogP contribution in [0.5, 0.6) is 0 Å². The Morgan fingerprint density at radius 3 is 2.31 bits per heavy atom. The summed E-state index contributed by atoms with van der Waals surface area (Å²) in [6, 6.07) is 16.8. The minimum atomic E-state index is -0.555. The molecule has 2 aromatic heterocycles. The number of aromatic amines is 1. The summed E-state index contributed by atoms with van der Waals surface area (Å²) in [7, 11) is 1.49. The zero-order valence-electron chi connectivity index (χ0n) is 18.0. The van der Waals surface area contributed by atoms with E-state index in [9.17, 15) is 9.59 Å². The molecule has 0 aliphatic carbocycles. The SMILES string of the molecule is C=C(Nc1ccccc1NC(=O)c1c(C)nc2c(-c3ccccc3)c(C)[nH]n2c1=O)OC. The number of aryl methyl sites for hydroxylation is 2. The van der Waals surface area contributed by atoms with E-state index in [0.717, 1.165) is 16.8 Å². The molecule has 32 heavy (non-hydrogen) atoms. The summed E-state index contributed by atoms with van der Waals surface area (Å²) in [6.45, 7) is 7.26. The van der Waals surface area contributed by atoms with Crippen molar-refractivity contribution >= 4 is 22.9 Å². The standard InChI is InChI=1S/C24H23N5O3/c1-14-21(23(30)27-19-13-9-8-12-18(19)26-16(3)32-4)24(31)29-22(25-14)20(15(2)28-29)17-10-6-5-7-11-17/h5-13,26,28H,3H2,1-2,4H3,(H,27,30). The molecule has 3 N–H and O–H groups in total. The van der Waals surface area contributed by atoms with Gasteiger partial charge in [-0.25, -0.2) is 9.50 Å². The number of ether oxygens (including phenoxy) is 1. The van der Waals surface area contributed by atoms with Crippen LogP contribution in [0, 0.1) is 13.8 Å². The Labute approximate surface area is 184 Å². The number of aromatic nitrogens is 3. The number of nitrogens with zero attached hydrogens (tertiary/aromatic N) is 2. The van der Waals surface area contributed by atoms with Gasteiger partial charge in [-0.2, -0.15) is 0 Å². The zero-order chi connectivity index (χ0) is 22.8. The van der Waals surface area contributed by atoms with Gasteiger partial charge in [0.1, 0.15) is 5.56 Å². The first-order valence-electron chi connectivity index (χ1n) is 9.98. The average molecular weight is 429 g/mol. The second-order valence-electron chi connectivity index (χ2n) is 7.27. The van der Waals surface area contributed by atoms with Crippen molar-refractivity contribution in [1.29, 1.82) is 0 Å². The Kier molecular flexibility index (Phi) is 5.51. The molecule has 0 aliphatic rings. The van der Waals surface area contributed by atoms with E-state index in [1.54, 1.807) is 25.1 Å². The van der Waals surface area contributed by atoms with Gasteiger partial charge in [0.15, 0.2) is 11.5 Å².